The van der Waals surface area contributed by atoms with E-state index >= 15 is 0 Å². The lowest BCUT2D eigenvalue weighted by Gasteiger charge is -2.15. The maximum atomic E-state index is 13.6. The van der Waals surface area contributed by atoms with Gasteiger partial charge in [0.1, 0.15) is 11.6 Å². The summed E-state index contributed by atoms with van der Waals surface area (Å²) in [6.45, 7) is 1.24. The minimum atomic E-state index is -4.59. The average molecular weight is 287 g/mol. The second-order valence-corrected chi connectivity index (χ2v) is 4.36. The highest BCUT2D eigenvalue weighted by atomic mass is 19.4. The van der Waals surface area contributed by atoms with Gasteiger partial charge in [0.2, 0.25) is 0 Å². The molecule has 0 aromatic heterocycles. The fraction of sp³-hybridized carbons (Fsp3) is 0.143. The van der Waals surface area contributed by atoms with Gasteiger partial charge in [0.25, 0.3) is 0 Å². The molecule has 0 spiro atoms. The summed E-state index contributed by atoms with van der Waals surface area (Å²) in [6.07, 6.45) is -4.59. The van der Waals surface area contributed by atoms with Crippen molar-refractivity contribution in [2.24, 2.45) is 0 Å². The van der Waals surface area contributed by atoms with Gasteiger partial charge >= 0.3 is 6.18 Å². The molecule has 2 aromatic rings. The molecular formula is C14H10F5N. The summed E-state index contributed by atoms with van der Waals surface area (Å²) in [5.41, 5.74) is 4.21. The van der Waals surface area contributed by atoms with Crippen molar-refractivity contribution in [3.05, 3.63) is 53.1 Å². The van der Waals surface area contributed by atoms with Gasteiger partial charge in [-0.3, -0.25) is 0 Å². The summed E-state index contributed by atoms with van der Waals surface area (Å²) in [4.78, 5) is 0. The van der Waals surface area contributed by atoms with Gasteiger partial charge in [0, 0.05) is 17.3 Å². The van der Waals surface area contributed by atoms with E-state index in [2.05, 4.69) is 0 Å². The first-order chi connectivity index (χ1) is 9.20. The zero-order valence-electron chi connectivity index (χ0n) is 10.4. The molecule has 0 bridgehead atoms. The number of halogens is 5. The van der Waals surface area contributed by atoms with E-state index in [9.17, 15) is 22.0 Å². The number of nitrogens with two attached hydrogens (primary N) is 1. The summed E-state index contributed by atoms with van der Waals surface area (Å²) in [5.74, 6) is -1.75. The molecule has 0 amide bonds. The third-order valence-corrected chi connectivity index (χ3v) is 3.00. The van der Waals surface area contributed by atoms with Gasteiger partial charge in [-0.25, -0.2) is 8.78 Å². The molecule has 2 aromatic carbocycles. The van der Waals surface area contributed by atoms with E-state index in [0.717, 1.165) is 18.2 Å². The highest BCUT2D eigenvalue weighted by molar-refractivity contribution is 5.71. The lowest BCUT2D eigenvalue weighted by atomic mass is 9.97. The van der Waals surface area contributed by atoms with E-state index < -0.39 is 23.4 Å². The normalized spacial score (nSPS) is 11.7. The molecule has 0 unspecified atom stereocenters. The van der Waals surface area contributed by atoms with Crippen molar-refractivity contribution in [1.29, 1.82) is 0 Å². The number of nitrogen functional groups attached to an aromatic ring is 1. The average Bonchev–Trinajstić information content (AvgIpc) is 2.31. The Balaban J connectivity index is 2.67. The number of hydrogen-bond acceptors (Lipinski definition) is 1. The van der Waals surface area contributed by atoms with Crippen LogP contribution >= 0.6 is 0 Å². The second-order valence-electron chi connectivity index (χ2n) is 4.36. The molecule has 0 saturated heterocycles. The Morgan fingerprint density at radius 1 is 1.00 bits per heavy atom. The Morgan fingerprint density at radius 3 is 2.20 bits per heavy atom. The molecular weight excluding hydrogens is 277 g/mol. The fourth-order valence-corrected chi connectivity index (χ4v) is 1.91. The first kappa shape index (κ1) is 14.3. The van der Waals surface area contributed by atoms with Gasteiger partial charge in [-0.2, -0.15) is 13.2 Å². The van der Waals surface area contributed by atoms with Crippen LogP contribution in [0.1, 0.15) is 11.1 Å². The predicted molar refractivity (Wildman–Crippen MR) is 65.9 cm³/mol. The van der Waals surface area contributed by atoms with Crippen molar-refractivity contribution in [1.82, 2.24) is 0 Å². The monoisotopic (exact) mass is 287 g/mol. The molecule has 1 nitrogen and oxygen atoms in total. The Morgan fingerprint density at radius 2 is 1.65 bits per heavy atom. The summed E-state index contributed by atoms with van der Waals surface area (Å²) in [5, 5.41) is 0. The lowest BCUT2D eigenvalue weighted by molar-refractivity contribution is -0.138. The number of benzene rings is 2. The van der Waals surface area contributed by atoms with E-state index in [-0.39, 0.29) is 22.4 Å². The van der Waals surface area contributed by atoms with E-state index in [1.54, 1.807) is 0 Å². The summed E-state index contributed by atoms with van der Waals surface area (Å²) < 4.78 is 65.1. The van der Waals surface area contributed by atoms with E-state index in [1.807, 2.05) is 0 Å². The van der Waals surface area contributed by atoms with Crippen LogP contribution < -0.4 is 5.73 Å². The largest absolute Gasteiger partial charge is 0.416 e. The first-order valence-electron chi connectivity index (χ1n) is 5.63. The molecule has 0 radical (unpaired) electrons. The van der Waals surface area contributed by atoms with Crippen LogP contribution in [-0.4, -0.2) is 0 Å². The Hall–Kier alpha value is -2.11. The SMILES string of the molecule is Cc1c(N)cc(-c2ccc(F)cc2F)cc1C(F)(F)F. The minimum Gasteiger partial charge on any atom is -0.398 e. The summed E-state index contributed by atoms with van der Waals surface area (Å²) in [7, 11) is 0. The van der Waals surface area contributed by atoms with Crippen LogP contribution in [0, 0.1) is 18.6 Å². The van der Waals surface area contributed by atoms with Gasteiger partial charge in [0.15, 0.2) is 0 Å². The smallest absolute Gasteiger partial charge is 0.398 e. The molecule has 2 rings (SSSR count). The van der Waals surface area contributed by atoms with E-state index in [1.165, 1.54) is 13.0 Å². The van der Waals surface area contributed by atoms with Crippen molar-refractivity contribution < 1.29 is 22.0 Å². The highest BCUT2D eigenvalue weighted by Crippen LogP contribution is 2.37. The van der Waals surface area contributed by atoms with Crippen molar-refractivity contribution in [3.8, 4) is 11.1 Å². The highest BCUT2D eigenvalue weighted by Gasteiger charge is 2.33. The third-order valence-electron chi connectivity index (χ3n) is 3.00. The maximum Gasteiger partial charge on any atom is 0.416 e. The van der Waals surface area contributed by atoms with Crippen molar-refractivity contribution >= 4 is 5.69 Å². The van der Waals surface area contributed by atoms with Crippen LogP contribution in [0.3, 0.4) is 0 Å². The molecule has 106 valence electrons. The number of anilines is 1. The van der Waals surface area contributed by atoms with E-state index in [4.69, 9.17) is 5.73 Å². The molecule has 0 aliphatic carbocycles. The van der Waals surface area contributed by atoms with Gasteiger partial charge in [0.05, 0.1) is 5.56 Å². The van der Waals surface area contributed by atoms with Crippen molar-refractivity contribution in [3.63, 3.8) is 0 Å². The van der Waals surface area contributed by atoms with Crippen LogP contribution in [-0.2, 0) is 6.18 Å². The van der Waals surface area contributed by atoms with Gasteiger partial charge < -0.3 is 5.73 Å². The van der Waals surface area contributed by atoms with Crippen LogP contribution in [0.15, 0.2) is 30.3 Å². The summed E-state index contributed by atoms with van der Waals surface area (Å²) >= 11 is 0. The molecule has 20 heavy (non-hydrogen) atoms. The topological polar surface area (TPSA) is 26.0 Å². The molecule has 6 heteroatoms. The number of hydrogen-bond donors (Lipinski definition) is 1. The standard InChI is InChI=1S/C14H10F5N/c1-7-11(14(17,18)19)4-8(5-13(7)20)10-3-2-9(15)6-12(10)16/h2-6H,20H2,1H3. The molecule has 0 saturated carbocycles. The predicted octanol–water partition coefficient (Wildman–Crippen LogP) is 4.54. The number of alkyl halides is 3. The Labute approximate surface area is 111 Å². The van der Waals surface area contributed by atoms with Gasteiger partial charge in [-0.15, -0.1) is 0 Å². The van der Waals surface area contributed by atoms with Crippen molar-refractivity contribution in [2.45, 2.75) is 13.1 Å². The molecule has 0 atom stereocenters. The third kappa shape index (κ3) is 2.59. The van der Waals surface area contributed by atoms with Gasteiger partial charge in [-0.05, 0) is 42.3 Å². The molecule has 0 fully saturated rings. The zero-order chi connectivity index (χ0) is 15.1. The van der Waals surface area contributed by atoms with Crippen LogP contribution in [0.2, 0.25) is 0 Å². The maximum absolute atomic E-state index is 13.6. The summed E-state index contributed by atoms with van der Waals surface area (Å²) in [6, 6.07) is 4.71. The molecule has 0 aliphatic heterocycles. The van der Waals surface area contributed by atoms with Crippen LogP contribution in [0.25, 0.3) is 11.1 Å². The minimum absolute atomic E-state index is 0.0436. The first-order valence-corrected chi connectivity index (χ1v) is 5.63. The second kappa shape index (κ2) is 4.77. The van der Waals surface area contributed by atoms with Crippen molar-refractivity contribution in [2.75, 3.05) is 5.73 Å². The van der Waals surface area contributed by atoms with Crippen LogP contribution in [0.5, 0.6) is 0 Å². The number of rotatable bonds is 1. The van der Waals surface area contributed by atoms with Crippen LogP contribution in [0.4, 0.5) is 27.6 Å². The molecule has 2 N–H and O–H groups in total. The van der Waals surface area contributed by atoms with E-state index in [0.29, 0.717) is 6.07 Å². The molecule has 0 aliphatic rings. The Kier molecular flexibility index (Phi) is 3.41. The molecule has 0 heterocycles. The quantitative estimate of drug-likeness (QED) is 0.604. The van der Waals surface area contributed by atoms with Gasteiger partial charge in [-0.1, -0.05) is 0 Å². The fourth-order valence-electron chi connectivity index (χ4n) is 1.91. The zero-order valence-corrected chi connectivity index (χ0v) is 10.4. The Bertz CT molecular complexity index is 661. The lowest BCUT2D eigenvalue weighted by Crippen LogP contribution is -2.09.